The van der Waals surface area contributed by atoms with Crippen LogP contribution in [0.5, 0.6) is 0 Å². The van der Waals surface area contributed by atoms with Crippen LogP contribution in [0.25, 0.3) is 22.4 Å². The smallest absolute Gasteiger partial charge is 0.378 e. The minimum atomic E-state index is -4.80. The quantitative estimate of drug-likeness (QED) is 0.403. The van der Waals surface area contributed by atoms with Crippen molar-refractivity contribution in [2.24, 2.45) is 0 Å². The molecule has 2 aromatic heterocycles. The van der Waals surface area contributed by atoms with E-state index < -0.39 is 23.5 Å². The molecule has 3 heterocycles. The Labute approximate surface area is 196 Å². The Morgan fingerprint density at radius 2 is 1.91 bits per heavy atom. The van der Waals surface area contributed by atoms with Crippen LogP contribution in [-0.4, -0.2) is 47.2 Å². The molecule has 2 N–H and O–H groups in total. The summed E-state index contributed by atoms with van der Waals surface area (Å²) < 4.78 is 59.9. The van der Waals surface area contributed by atoms with Crippen LogP contribution in [0.2, 0.25) is 0 Å². The molecule has 0 aliphatic carbocycles. The third-order valence-corrected chi connectivity index (χ3v) is 5.65. The molecule has 2 aromatic carbocycles. The molecule has 11 heteroatoms. The molecule has 35 heavy (non-hydrogen) atoms. The highest BCUT2D eigenvalue weighted by molar-refractivity contribution is 6.12. The molecule has 0 atom stereocenters. The van der Waals surface area contributed by atoms with Crippen molar-refractivity contribution < 1.29 is 27.1 Å². The lowest BCUT2D eigenvalue weighted by atomic mass is 10.1. The zero-order valence-electron chi connectivity index (χ0n) is 18.2. The summed E-state index contributed by atoms with van der Waals surface area (Å²) in [4.78, 5) is 26.4. The molecule has 1 fully saturated rings. The van der Waals surface area contributed by atoms with Crippen molar-refractivity contribution in [2.45, 2.75) is 6.18 Å². The minimum absolute atomic E-state index is 0.123. The maximum atomic E-state index is 13.6. The largest absolute Gasteiger partial charge is 0.417 e. The minimum Gasteiger partial charge on any atom is -0.378 e. The second-order valence-electron chi connectivity index (χ2n) is 7.96. The van der Waals surface area contributed by atoms with Gasteiger partial charge in [-0.1, -0.05) is 0 Å². The highest BCUT2D eigenvalue weighted by atomic mass is 19.4. The Hall–Kier alpha value is -3.99. The number of halogens is 4. The highest BCUT2D eigenvalue weighted by Crippen LogP contribution is 2.38. The van der Waals surface area contributed by atoms with Crippen molar-refractivity contribution in [2.75, 3.05) is 36.5 Å². The van der Waals surface area contributed by atoms with E-state index in [0.717, 1.165) is 12.1 Å². The third-order valence-electron chi connectivity index (χ3n) is 5.65. The molecular weight excluding hydrogens is 466 g/mol. The first-order chi connectivity index (χ1) is 16.8. The number of hydrogen-bond acceptors (Lipinski definition) is 5. The zero-order chi connectivity index (χ0) is 24.6. The second kappa shape index (κ2) is 8.99. The standard InChI is InChI=1S/C24H19F4N5O2/c25-14-3-4-17(19(10-14)24(26,27)28)22-31-20-12-16(33-6-8-35-9-7-33)11-18(21(20)32-22)23(34)30-15-2-1-5-29-13-15/h1-5,10-13H,6-9H2,(H,30,34)(H,31,32). The van der Waals surface area contributed by atoms with Gasteiger partial charge in [0.25, 0.3) is 5.91 Å². The van der Waals surface area contributed by atoms with E-state index in [-0.39, 0.29) is 22.5 Å². The summed E-state index contributed by atoms with van der Waals surface area (Å²) in [5.74, 6) is -1.63. The van der Waals surface area contributed by atoms with Gasteiger partial charge in [-0.2, -0.15) is 13.2 Å². The lowest BCUT2D eigenvalue weighted by molar-refractivity contribution is -0.137. The first-order valence-corrected chi connectivity index (χ1v) is 10.7. The SMILES string of the molecule is O=C(Nc1cccnc1)c1cc(N2CCOCC2)cc2[nH]c(-c3ccc(F)cc3C(F)(F)F)nc12. The number of H-pyrrole nitrogens is 1. The number of fused-ring (bicyclic) bond motifs is 1. The predicted molar refractivity (Wildman–Crippen MR) is 122 cm³/mol. The number of carbonyl (C=O) groups is 1. The van der Waals surface area contributed by atoms with Crippen LogP contribution in [0.15, 0.2) is 54.9 Å². The Kier molecular flexibility index (Phi) is 5.85. The van der Waals surface area contributed by atoms with E-state index in [1.807, 2.05) is 4.90 Å². The number of nitrogens with zero attached hydrogens (tertiary/aromatic N) is 3. The number of hydrogen-bond donors (Lipinski definition) is 2. The number of rotatable bonds is 4. The van der Waals surface area contributed by atoms with Crippen molar-refractivity contribution in [3.63, 3.8) is 0 Å². The van der Waals surface area contributed by atoms with Crippen molar-refractivity contribution in [1.29, 1.82) is 0 Å². The van der Waals surface area contributed by atoms with Gasteiger partial charge in [-0.25, -0.2) is 9.37 Å². The zero-order valence-corrected chi connectivity index (χ0v) is 18.2. The van der Waals surface area contributed by atoms with Crippen LogP contribution in [-0.2, 0) is 10.9 Å². The fourth-order valence-corrected chi connectivity index (χ4v) is 4.00. The topological polar surface area (TPSA) is 83.1 Å². The third kappa shape index (κ3) is 4.67. The number of carbonyl (C=O) groups excluding carboxylic acids is 1. The van der Waals surface area contributed by atoms with Crippen LogP contribution >= 0.6 is 0 Å². The van der Waals surface area contributed by atoms with E-state index in [9.17, 15) is 22.4 Å². The molecule has 4 aromatic rings. The first kappa shape index (κ1) is 22.8. The number of morpholine rings is 1. The van der Waals surface area contributed by atoms with Gasteiger partial charge in [0, 0.05) is 30.5 Å². The molecule has 1 saturated heterocycles. The molecule has 0 unspecified atom stereocenters. The van der Waals surface area contributed by atoms with Crippen molar-refractivity contribution in [3.8, 4) is 11.4 Å². The van der Waals surface area contributed by atoms with E-state index >= 15 is 0 Å². The van der Waals surface area contributed by atoms with Crippen LogP contribution in [0, 0.1) is 5.82 Å². The van der Waals surface area contributed by atoms with Crippen LogP contribution < -0.4 is 10.2 Å². The number of ether oxygens (including phenoxy) is 1. The summed E-state index contributed by atoms with van der Waals surface area (Å²) in [7, 11) is 0. The molecule has 1 amide bonds. The summed E-state index contributed by atoms with van der Waals surface area (Å²) in [6.45, 7) is 2.20. The number of amides is 1. The summed E-state index contributed by atoms with van der Waals surface area (Å²) in [5, 5.41) is 2.74. The number of aromatic nitrogens is 3. The monoisotopic (exact) mass is 485 g/mol. The lowest BCUT2D eigenvalue weighted by Gasteiger charge is -2.29. The Morgan fingerprint density at radius 3 is 2.63 bits per heavy atom. The molecule has 0 bridgehead atoms. The number of pyridine rings is 1. The molecule has 0 radical (unpaired) electrons. The van der Waals surface area contributed by atoms with Gasteiger partial charge in [0.1, 0.15) is 17.2 Å². The van der Waals surface area contributed by atoms with Gasteiger partial charge >= 0.3 is 6.18 Å². The number of aromatic amines is 1. The normalized spacial score (nSPS) is 14.3. The summed E-state index contributed by atoms with van der Waals surface area (Å²) in [6.07, 6.45) is -1.76. The van der Waals surface area contributed by atoms with E-state index in [0.29, 0.717) is 49.3 Å². The van der Waals surface area contributed by atoms with Gasteiger partial charge < -0.3 is 19.9 Å². The number of imidazole rings is 1. The van der Waals surface area contributed by atoms with Crippen molar-refractivity contribution in [3.05, 3.63) is 71.8 Å². The molecule has 1 aliphatic heterocycles. The molecule has 0 saturated carbocycles. The van der Waals surface area contributed by atoms with E-state index in [1.54, 1.807) is 30.5 Å². The molecular formula is C24H19F4N5O2. The maximum absolute atomic E-state index is 13.6. The molecule has 1 aliphatic rings. The van der Waals surface area contributed by atoms with Crippen LogP contribution in [0.1, 0.15) is 15.9 Å². The first-order valence-electron chi connectivity index (χ1n) is 10.7. The number of alkyl halides is 3. The fourth-order valence-electron chi connectivity index (χ4n) is 4.00. The lowest BCUT2D eigenvalue weighted by Crippen LogP contribution is -2.36. The fraction of sp³-hybridized carbons (Fsp3) is 0.208. The van der Waals surface area contributed by atoms with Gasteiger partial charge in [0.2, 0.25) is 0 Å². The van der Waals surface area contributed by atoms with E-state index in [4.69, 9.17) is 4.74 Å². The Morgan fingerprint density at radius 1 is 1.11 bits per heavy atom. The van der Waals surface area contributed by atoms with Gasteiger partial charge in [0.05, 0.1) is 41.7 Å². The predicted octanol–water partition coefficient (Wildman–Crippen LogP) is 4.87. The van der Waals surface area contributed by atoms with E-state index in [2.05, 4.69) is 20.3 Å². The molecule has 180 valence electrons. The van der Waals surface area contributed by atoms with Gasteiger partial charge in [0.15, 0.2) is 0 Å². The van der Waals surface area contributed by atoms with E-state index in [1.165, 1.54) is 6.20 Å². The molecule has 5 rings (SSSR count). The number of nitrogens with one attached hydrogen (secondary N) is 2. The summed E-state index contributed by atoms with van der Waals surface area (Å²) in [6, 6.07) is 9.10. The number of benzene rings is 2. The highest BCUT2D eigenvalue weighted by Gasteiger charge is 2.35. The molecule has 0 spiro atoms. The number of anilines is 2. The average Bonchev–Trinajstić information content (AvgIpc) is 3.28. The Balaban J connectivity index is 1.64. The molecule has 7 nitrogen and oxygen atoms in total. The summed E-state index contributed by atoms with van der Waals surface area (Å²) in [5.41, 5.74) is 0.408. The van der Waals surface area contributed by atoms with Crippen molar-refractivity contribution in [1.82, 2.24) is 15.0 Å². The van der Waals surface area contributed by atoms with Crippen LogP contribution in [0.3, 0.4) is 0 Å². The Bertz CT molecular complexity index is 1380. The second-order valence-corrected chi connectivity index (χ2v) is 7.96. The van der Waals surface area contributed by atoms with Gasteiger partial charge in [-0.05, 0) is 42.5 Å². The van der Waals surface area contributed by atoms with Gasteiger partial charge in [-0.3, -0.25) is 9.78 Å². The average molecular weight is 485 g/mol. The maximum Gasteiger partial charge on any atom is 0.417 e. The van der Waals surface area contributed by atoms with Gasteiger partial charge in [-0.15, -0.1) is 0 Å². The summed E-state index contributed by atoms with van der Waals surface area (Å²) >= 11 is 0. The van der Waals surface area contributed by atoms with Crippen LogP contribution in [0.4, 0.5) is 28.9 Å². The van der Waals surface area contributed by atoms with Crippen molar-refractivity contribution >= 4 is 28.3 Å².